The standard InChI is InChI=1S/C12H25N3O/c1-11(2,12(3,4)13)10(16)14-9-6-7-15(5)8-9/h9H,6-8,13H2,1-5H3,(H,14,16). The van der Waals surface area contributed by atoms with E-state index in [9.17, 15) is 4.79 Å². The van der Waals surface area contributed by atoms with Crippen LogP contribution in [0.15, 0.2) is 0 Å². The van der Waals surface area contributed by atoms with Gasteiger partial charge >= 0.3 is 0 Å². The third-order valence-electron chi connectivity index (χ3n) is 3.91. The molecule has 1 amide bonds. The molecule has 1 unspecified atom stereocenters. The van der Waals surface area contributed by atoms with Crippen LogP contribution < -0.4 is 11.1 Å². The van der Waals surface area contributed by atoms with Crippen LogP contribution in [0.1, 0.15) is 34.1 Å². The van der Waals surface area contributed by atoms with Gasteiger partial charge in [0.15, 0.2) is 0 Å². The fourth-order valence-electron chi connectivity index (χ4n) is 1.71. The highest BCUT2D eigenvalue weighted by Gasteiger charge is 2.41. The van der Waals surface area contributed by atoms with Crippen molar-refractivity contribution in [1.29, 1.82) is 0 Å². The summed E-state index contributed by atoms with van der Waals surface area (Å²) in [4.78, 5) is 14.4. The average Bonchev–Trinajstić information content (AvgIpc) is 2.49. The van der Waals surface area contributed by atoms with Gasteiger partial charge in [-0.1, -0.05) is 0 Å². The van der Waals surface area contributed by atoms with Crippen molar-refractivity contribution < 1.29 is 4.79 Å². The van der Waals surface area contributed by atoms with Crippen molar-refractivity contribution >= 4 is 5.91 Å². The number of rotatable bonds is 3. The van der Waals surface area contributed by atoms with Gasteiger partial charge in [-0.3, -0.25) is 4.79 Å². The number of hydrogen-bond acceptors (Lipinski definition) is 3. The second-order valence-corrected chi connectivity index (χ2v) is 6.07. The molecule has 1 fully saturated rings. The van der Waals surface area contributed by atoms with Crippen molar-refractivity contribution in [3.63, 3.8) is 0 Å². The highest BCUT2D eigenvalue weighted by atomic mass is 16.2. The number of likely N-dealkylation sites (N-methyl/N-ethyl adjacent to an activating group) is 1. The highest BCUT2D eigenvalue weighted by molar-refractivity contribution is 5.83. The van der Waals surface area contributed by atoms with Crippen LogP contribution in [-0.4, -0.2) is 42.5 Å². The fraction of sp³-hybridized carbons (Fsp3) is 0.917. The van der Waals surface area contributed by atoms with E-state index in [2.05, 4.69) is 17.3 Å². The van der Waals surface area contributed by atoms with Crippen molar-refractivity contribution in [3.8, 4) is 0 Å². The van der Waals surface area contributed by atoms with Crippen LogP contribution in [0.3, 0.4) is 0 Å². The van der Waals surface area contributed by atoms with E-state index in [1.807, 2.05) is 27.7 Å². The van der Waals surface area contributed by atoms with Gasteiger partial charge in [0.2, 0.25) is 5.91 Å². The lowest BCUT2D eigenvalue weighted by Gasteiger charge is -2.37. The zero-order valence-electron chi connectivity index (χ0n) is 11.1. The molecule has 0 aromatic carbocycles. The van der Waals surface area contributed by atoms with Gasteiger partial charge in [0.1, 0.15) is 0 Å². The molecule has 1 aliphatic rings. The molecule has 0 aliphatic carbocycles. The maximum absolute atomic E-state index is 12.2. The first-order valence-corrected chi connectivity index (χ1v) is 5.93. The van der Waals surface area contributed by atoms with E-state index in [-0.39, 0.29) is 11.9 Å². The molecule has 94 valence electrons. The molecule has 0 bridgehead atoms. The summed E-state index contributed by atoms with van der Waals surface area (Å²) in [6.45, 7) is 9.59. The Hall–Kier alpha value is -0.610. The maximum atomic E-state index is 12.2. The summed E-state index contributed by atoms with van der Waals surface area (Å²) in [6.07, 6.45) is 1.03. The van der Waals surface area contributed by atoms with Gasteiger partial charge in [0, 0.05) is 18.1 Å². The quantitative estimate of drug-likeness (QED) is 0.741. The molecule has 4 nitrogen and oxygen atoms in total. The molecule has 0 spiro atoms. The molecular weight excluding hydrogens is 202 g/mol. The average molecular weight is 227 g/mol. The largest absolute Gasteiger partial charge is 0.352 e. The van der Waals surface area contributed by atoms with E-state index < -0.39 is 11.0 Å². The third kappa shape index (κ3) is 2.74. The van der Waals surface area contributed by atoms with Crippen LogP contribution in [0.2, 0.25) is 0 Å². The number of carbonyl (C=O) groups excluding carboxylic acids is 1. The molecule has 1 saturated heterocycles. The van der Waals surface area contributed by atoms with Crippen LogP contribution in [0.4, 0.5) is 0 Å². The second kappa shape index (κ2) is 4.34. The molecule has 4 heteroatoms. The zero-order valence-corrected chi connectivity index (χ0v) is 11.1. The summed E-state index contributed by atoms with van der Waals surface area (Å²) < 4.78 is 0. The number of nitrogens with one attached hydrogen (secondary N) is 1. The van der Waals surface area contributed by atoms with E-state index in [4.69, 9.17) is 5.73 Å². The number of hydrogen-bond donors (Lipinski definition) is 2. The Morgan fingerprint density at radius 3 is 2.31 bits per heavy atom. The molecule has 0 radical (unpaired) electrons. The van der Waals surface area contributed by atoms with Gasteiger partial charge in [-0.2, -0.15) is 0 Å². The van der Waals surface area contributed by atoms with Crippen LogP contribution in [-0.2, 0) is 4.79 Å². The normalized spacial score (nSPS) is 23.5. The first-order valence-electron chi connectivity index (χ1n) is 5.93. The molecule has 1 rings (SSSR count). The van der Waals surface area contributed by atoms with Gasteiger partial charge in [-0.15, -0.1) is 0 Å². The first kappa shape index (κ1) is 13.5. The number of nitrogens with zero attached hydrogens (tertiary/aromatic N) is 1. The van der Waals surface area contributed by atoms with Gasteiger partial charge in [-0.25, -0.2) is 0 Å². The van der Waals surface area contributed by atoms with Crippen molar-refractivity contribution in [3.05, 3.63) is 0 Å². The Morgan fingerprint density at radius 1 is 1.38 bits per heavy atom. The van der Waals surface area contributed by atoms with Crippen LogP contribution in [0, 0.1) is 5.41 Å². The third-order valence-corrected chi connectivity index (χ3v) is 3.91. The Kier molecular flexibility index (Phi) is 3.65. The molecule has 1 atom stereocenters. The zero-order chi connectivity index (χ0) is 12.6. The summed E-state index contributed by atoms with van der Waals surface area (Å²) >= 11 is 0. The minimum absolute atomic E-state index is 0.0558. The Balaban J connectivity index is 2.59. The molecule has 3 N–H and O–H groups in total. The Labute approximate surface area is 98.6 Å². The number of likely N-dealkylation sites (tertiary alicyclic amines) is 1. The SMILES string of the molecule is CN1CCC(NC(=O)C(C)(C)C(C)(C)N)C1. The van der Waals surface area contributed by atoms with Crippen LogP contribution in [0.25, 0.3) is 0 Å². The summed E-state index contributed by atoms with van der Waals surface area (Å²) in [5, 5.41) is 3.10. The van der Waals surface area contributed by atoms with Crippen molar-refractivity contribution in [2.75, 3.05) is 20.1 Å². The van der Waals surface area contributed by atoms with Crippen LogP contribution in [0.5, 0.6) is 0 Å². The maximum Gasteiger partial charge on any atom is 0.227 e. The van der Waals surface area contributed by atoms with Crippen molar-refractivity contribution in [1.82, 2.24) is 10.2 Å². The molecule has 0 saturated carbocycles. The number of carbonyl (C=O) groups is 1. The molecule has 1 heterocycles. The van der Waals surface area contributed by atoms with E-state index in [0.29, 0.717) is 0 Å². The lowest BCUT2D eigenvalue weighted by Crippen LogP contribution is -2.57. The monoisotopic (exact) mass is 227 g/mol. The summed E-state index contributed by atoms with van der Waals surface area (Å²) in [6, 6.07) is 0.277. The predicted molar refractivity (Wildman–Crippen MR) is 66.1 cm³/mol. The Bertz CT molecular complexity index is 268. The number of nitrogens with two attached hydrogens (primary N) is 1. The molecule has 1 aliphatic heterocycles. The molecule has 0 aromatic heterocycles. The van der Waals surface area contributed by atoms with E-state index in [0.717, 1.165) is 19.5 Å². The summed E-state index contributed by atoms with van der Waals surface area (Å²) in [5.41, 5.74) is 4.98. The minimum Gasteiger partial charge on any atom is -0.352 e. The van der Waals surface area contributed by atoms with Gasteiger partial charge in [0.25, 0.3) is 0 Å². The smallest absolute Gasteiger partial charge is 0.227 e. The number of amides is 1. The topological polar surface area (TPSA) is 58.4 Å². The van der Waals surface area contributed by atoms with Gasteiger partial charge in [-0.05, 0) is 47.7 Å². The van der Waals surface area contributed by atoms with E-state index in [1.165, 1.54) is 0 Å². The lowest BCUT2D eigenvalue weighted by molar-refractivity contribution is -0.132. The Morgan fingerprint density at radius 2 is 1.94 bits per heavy atom. The summed E-state index contributed by atoms with van der Waals surface area (Å²) in [7, 11) is 2.07. The van der Waals surface area contributed by atoms with Gasteiger partial charge < -0.3 is 16.0 Å². The van der Waals surface area contributed by atoms with Gasteiger partial charge in [0.05, 0.1) is 5.41 Å². The summed E-state index contributed by atoms with van der Waals surface area (Å²) in [5.74, 6) is 0.0558. The molecule has 16 heavy (non-hydrogen) atoms. The van der Waals surface area contributed by atoms with Crippen molar-refractivity contribution in [2.24, 2.45) is 11.1 Å². The molecular formula is C12H25N3O. The van der Waals surface area contributed by atoms with E-state index >= 15 is 0 Å². The van der Waals surface area contributed by atoms with Crippen molar-refractivity contribution in [2.45, 2.75) is 45.7 Å². The first-order chi connectivity index (χ1) is 7.14. The van der Waals surface area contributed by atoms with E-state index in [1.54, 1.807) is 0 Å². The second-order valence-electron chi connectivity index (χ2n) is 6.07. The predicted octanol–water partition coefficient (Wildman–Crippen LogP) is 0.570. The fourth-order valence-corrected chi connectivity index (χ4v) is 1.71. The highest BCUT2D eigenvalue weighted by Crippen LogP contribution is 2.28. The lowest BCUT2D eigenvalue weighted by atomic mass is 9.74. The molecule has 0 aromatic rings. The minimum atomic E-state index is -0.547. The van der Waals surface area contributed by atoms with Crippen LogP contribution >= 0.6 is 0 Å².